The topological polar surface area (TPSA) is 55.5 Å². The van der Waals surface area contributed by atoms with Crippen LogP contribution in [0.15, 0.2) is 0 Å². The molecule has 3 nitrogen and oxygen atoms in total. The minimum atomic E-state index is -0.451. The first-order valence-corrected chi connectivity index (χ1v) is 3.34. The van der Waals surface area contributed by atoms with Gasteiger partial charge in [0.15, 0.2) is 0 Å². The second-order valence-electron chi connectivity index (χ2n) is 2.35. The minimum Gasteiger partial charge on any atom is -0.389 e. The van der Waals surface area contributed by atoms with Crippen LogP contribution < -0.4 is 5.73 Å². The number of ether oxygens (including phenoxy) is 1. The van der Waals surface area contributed by atoms with Crippen molar-refractivity contribution in [3.8, 4) is 0 Å². The molecule has 2 atom stereocenters. The molecule has 1 rings (SSSR count). The van der Waals surface area contributed by atoms with E-state index in [0.29, 0.717) is 6.54 Å². The zero-order chi connectivity index (χ0) is 6.69. The van der Waals surface area contributed by atoms with Crippen LogP contribution in [0.1, 0.15) is 12.8 Å². The van der Waals surface area contributed by atoms with Crippen LogP contribution in [0, 0.1) is 0 Å². The third-order valence-electron chi connectivity index (χ3n) is 1.64. The van der Waals surface area contributed by atoms with Crippen molar-refractivity contribution in [2.75, 3.05) is 13.2 Å². The van der Waals surface area contributed by atoms with Gasteiger partial charge >= 0.3 is 0 Å². The molecule has 1 aliphatic rings. The Morgan fingerprint density at radius 3 is 3.00 bits per heavy atom. The molecule has 0 radical (unpaired) electrons. The zero-order valence-corrected chi connectivity index (χ0v) is 5.42. The molecule has 0 aromatic heterocycles. The number of nitrogens with two attached hydrogens (primary N) is 1. The van der Waals surface area contributed by atoms with E-state index in [4.69, 9.17) is 15.6 Å². The molecule has 1 heterocycles. The van der Waals surface area contributed by atoms with E-state index in [1.807, 2.05) is 0 Å². The second kappa shape index (κ2) is 3.15. The van der Waals surface area contributed by atoms with Crippen molar-refractivity contribution in [2.24, 2.45) is 5.73 Å². The van der Waals surface area contributed by atoms with E-state index >= 15 is 0 Å². The van der Waals surface area contributed by atoms with Crippen molar-refractivity contribution in [3.05, 3.63) is 0 Å². The summed E-state index contributed by atoms with van der Waals surface area (Å²) < 4.78 is 5.18. The van der Waals surface area contributed by atoms with E-state index in [1.165, 1.54) is 0 Å². The predicted octanol–water partition coefficient (Wildman–Crippen LogP) is -0.515. The van der Waals surface area contributed by atoms with Crippen molar-refractivity contribution in [3.63, 3.8) is 0 Å². The lowest BCUT2D eigenvalue weighted by Crippen LogP contribution is -2.32. The highest BCUT2D eigenvalue weighted by Gasteiger charge is 2.22. The highest BCUT2D eigenvalue weighted by atomic mass is 16.5. The van der Waals surface area contributed by atoms with E-state index < -0.39 is 6.10 Å². The molecule has 0 amide bonds. The fourth-order valence-electron chi connectivity index (χ4n) is 1.06. The van der Waals surface area contributed by atoms with Crippen LogP contribution in [0.25, 0.3) is 0 Å². The molecule has 0 aromatic carbocycles. The summed E-state index contributed by atoms with van der Waals surface area (Å²) in [6, 6.07) is 0. The molecular formula is C6H13NO2. The molecule has 0 bridgehead atoms. The van der Waals surface area contributed by atoms with Gasteiger partial charge in [0.1, 0.15) is 0 Å². The number of rotatable bonds is 2. The van der Waals surface area contributed by atoms with E-state index in [2.05, 4.69) is 0 Å². The molecule has 9 heavy (non-hydrogen) atoms. The second-order valence-corrected chi connectivity index (χ2v) is 2.35. The van der Waals surface area contributed by atoms with Gasteiger partial charge in [0.05, 0.1) is 12.2 Å². The van der Waals surface area contributed by atoms with Crippen LogP contribution in [0.2, 0.25) is 0 Å². The molecule has 0 aromatic rings. The van der Waals surface area contributed by atoms with Crippen molar-refractivity contribution < 1.29 is 9.84 Å². The van der Waals surface area contributed by atoms with Crippen LogP contribution in [-0.2, 0) is 4.74 Å². The summed E-state index contributed by atoms with van der Waals surface area (Å²) in [6.07, 6.45) is 1.57. The van der Waals surface area contributed by atoms with Crippen LogP contribution in [0.5, 0.6) is 0 Å². The normalized spacial score (nSPS) is 30.7. The van der Waals surface area contributed by atoms with Gasteiger partial charge in [-0.25, -0.2) is 0 Å². The van der Waals surface area contributed by atoms with Gasteiger partial charge in [0.2, 0.25) is 0 Å². The number of aliphatic hydroxyl groups excluding tert-OH is 1. The van der Waals surface area contributed by atoms with Gasteiger partial charge in [-0.3, -0.25) is 0 Å². The maximum Gasteiger partial charge on any atom is 0.0923 e. The molecule has 1 unspecified atom stereocenters. The van der Waals surface area contributed by atoms with Gasteiger partial charge < -0.3 is 15.6 Å². The van der Waals surface area contributed by atoms with E-state index in [-0.39, 0.29) is 6.10 Å². The summed E-state index contributed by atoms with van der Waals surface area (Å²) in [5, 5.41) is 9.11. The third kappa shape index (κ3) is 1.64. The van der Waals surface area contributed by atoms with Gasteiger partial charge in [0.25, 0.3) is 0 Å². The summed E-state index contributed by atoms with van der Waals surface area (Å²) in [4.78, 5) is 0. The Hall–Kier alpha value is -0.120. The van der Waals surface area contributed by atoms with Crippen LogP contribution in [-0.4, -0.2) is 30.5 Å². The van der Waals surface area contributed by atoms with E-state index in [9.17, 15) is 0 Å². The summed E-state index contributed by atoms with van der Waals surface area (Å²) >= 11 is 0. The lowest BCUT2D eigenvalue weighted by Gasteiger charge is -2.14. The van der Waals surface area contributed by atoms with Crippen LogP contribution >= 0.6 is 0 Å². The first-order valence-electron chi connectivity index (χ1n) is 3.34. The Morgan fingerprint density at radius 2 is 2.56 bits per heavy atom. The largest absolute Gasteiger partial charge is 0.389 e. The lowest BCUT2D eigenvalue weighted by molar-refractivity contribution is 0.00365. The Bertz CT molecular complexity index is 81.1. The molecule has 3 heteroatoms. The summed E-state index contributed by atoms with van der Waals surface area (Å²) in [7, 11) is 0. The molecule has 54 valence electrons. The molecule has 0 saturated carbocycles. The quantitative estimate of drug-likeness (QED) is 0.530. The zero-order valence-electron chi connectivity index (χ0n) is 5.42. The lowest BCUT2D eigenvalue weighted by atomic mass is 10.1. The summed E-state index contributed by atoms with van der Waals surface area (Å²) in [5.41, 5.74) is 5.22. The standard InChI is InChI=1S/C6H13NO2/c7-4-5(8)6-2-1-3-9-6/h5-6,8H,1-4,7H2/t5-,6?/m1/s1. The summed E-state index contributed by atoms with van der Waals surface area (Å²) in [5.74, 6) is 0. The SMILES string of the molecule is NC[C@@H](O)C1CCCO1. The van der Waals surface area contributed by atoms with Crippen molar-refractivity contribution in [2.45, 2.75) is 25.0 Å². The first kappa shape index (κ1) is 6.99. The monoisotopic (exact) mass is 131 g/mol. The number of aliphatic hydroxyl groups is 1. The fraction of sp³-hybridized carbons (Fsp3) is 1.00. The average molecular weight is 131 g/mol. The summed E-state index contributed by atoms with van der Waals surface area (Å²) in [6.45, 7) is 1.09. The van der Waals surface area contributed by atoms with E-state index in [0.717, 1.165) is 19.4 Å². The molecule has 1 fully saturated rings. The van der Waals surface area contributed by atoms with Gasteiger partial charge in [-0.1, -0.05) is 0 Å². The first-order chi connectivity index (χ1) is 4.34. The Labute approximate surface area is 54.8 Å². The number of hydrogen-bond acceptors (Lipinski definition) is 3. The maximum atomic E-state index is 9.11. The van der Waals surface area contributed by atoms with Crippen molar-refractivity contribution in [1.82, 2.24) is 0 Å². The van der Waals surface area contributed by atoms with Crippen molar-refractivity contribution >= 4 is 0 Å². The van der Waals surface area contributed by atoms with Crippen LogP contribution in [0.4, 0.5) is 0 Å². The molecule has 3 N–H and O–H groups in total. The van der Waals surface area contributed by atoms with Gasteiger partial charge in [-0.2, -0.15) is 0 Å². The smallest absolute Gasteiger partial charge is 0.0923 e. The molecular weight excluding hydrogens is 118 g/mol. The Balaban J connectivity index is 2.24. The highest BCUT2D eigenvalue weighted by molar-refractivity contribution is 4.73. The molecule has 1 saturated heterocycles. The highest BCUT2D eigenvalue weighted by Crippen LogP contribution is 2.14. The van der Waals surface area contributed by atoms with Crippen LogP contribution in [0.3, 0.4) is 0 Å². The minimum absolute atomic E-state index is 0.00926. The van der Waals surface area contributed by atoms with Gasteiger partial charge in [-0.05, 0) is 12.8 Å². The van der Waals surface area contributed by atoms with E-state index in [1.54, 1.807) is 0 Å². The van der Waals surface area contributed by atoms with Crippen molar-refractivity contribution in [1.29, 1.82) is 0 Å². The van der Waals surface area contributed by atoms with Gasteiger partial charge in [0, 0.05) is 13.2 Å². The Kier molecular flexibility index (Phi) is 2.45. The fourth-order valence-corrected chi connectivity index (χ4v) is 1.06. The average Bonchev–Trinajstić information content (AvgIpc) is 2.37. The molecule has 0 spiro atoms. The molecule has 1 aliphatic heterocycles. The maximum absolute atomic E-state index is 9.11. The third-order valence-corrected chi connectivity index (χ3v) is 1.64. The predicted molar refractivity (Wildman–Crippen MR) is 34.0 cm³/mol. The Morgan fingerprint density at radius 1 is 1.78 bits per heavy atom. The van der Waals surface area contributed by atoms with Gasteiger partial charge in [-0.15, -0.1) is 0 Å². The molecule has 0 aliphatic carbocycles. The number of hydrogen-bond donors (Lipinski definition) is 2.